The summed E-state index contributed by atoms with van der Waals surface area (Å²) in [6, 6.07) is 3.55. The van der Waals surface area contributed by atoms with E-state index in [1.165, 1.54) is 27.7 Å². The first-order chi connectivity index (χ1) is 8.06. The largest absolute Gasteiger partial charge is 0.363 e. The maximum Gasteiger partial charge on any atom is 0.217 e. The molecule has 0 aliphatic carbocycles. The monoisotopic (exact) mass is 251 g/mol. The minimum absolute atomic E-state index is 0.106. The van der Waals surface area contributed by atoms with Crippen LogP contribution in [0.2, 0.25) is 0 Å². The molecule has 0 fully saturated rings. The molecular weight excluding hydrogens is 237 g/mol. The molecule has 1 N–H and O–H groups in total. The fourth-order valence-corrected chi connectivity index (χ4v) is 2.81. The first kappa shape index (κ1) is 12.0. The number of thiophene rings is 1. The maximum absolute atomic E-state index is 12.9. The summed E-state index contributed by atoms with van der Waals surface area (Å²) in [6.45, 7) is 6.21. The Hall–Kier alpha value is -1.49. The summed E-state index contributed by atoms with van der Waals surface area (Å²) in [5.74, 6) is -0.0128. The molecular formula is C12H14FN3S. The summed E-state index contributed by atoms with van der Waals surface area (Å²) >= 11 is 1.76. The SMILES string of the molecule is Cc1cc(C(C)Nc2cc(F)ncn2)c(C)s1. The average molecular weight is 251 g/mol. The van der Waals surface area contributed by atoms with Crippen LogP contribution in [-0.4, -0.2) is 9.97 Å². The fourth-order valence-electron chi connectivity index (χ4n) is 1.79. The lowest BCUT2D eigenvalue weighted by molar-refractivity contribution is 0.579. The number of hydrogen-bond donors (Lipinski definition) is 1. The predicted octanol–water partition coefficient (Wildman–Crippen LogP) is 3.47. The van der Waals surface area contributed by atoms with Crippen LogP contribution in [0, 0.1) is 19.8 Å². The molecule has 0 saturated heterocycles. The zero-order chi connectivity index (χ0) is 12.4. The lowest BCUT2D eigenvalue weighted by Crippen LogP contribution is -2.08. The molecule has 0 aliphatic heterocycles. The van der Waals surface area contributed by atoms with Crippen LogP contribution >= 0.6 is 11.3 Å². The molecule has 0 bridgehead atoms. The number of aryl methyl sites for hydroxylation is 2. The van der Waals surface area contributed by atoms with Gasteiger partial charge in [0.1, 0.15) is 12.1 Å². The number of anilines is 1. The van der Waals surface area contributed by atoms with Crippen LogP contribution in [0.3, 0.4) is 0 Å². The van der Waals surface area contributed by atoms with Crippen molar-refractivity contribution in [1.82, 2.24) is 9.97 Å². The molecule has 90 valence electrons. The number of hydrogen-bond acceptors (Lipinski definition) is 4. The molecule has 1 unspecified atom stereocenters. The van der Waals surface area contributed by atoms with Crippen molar-refractivity contribution < 1.29 is 4.39 Å². The fraction of sp³-hybridized carbons (Fsp3) is 0.333. The quantitative estimate of drug-likeness (QED) is 0.849. The second kappa shape index (κ2) is 4.79. The molecule has 17 heavy (non-hydrogen) atoms. The van der Waals surface area contributed by atoms with Crippen molar-refractivity contribution in [3.05, 3.63) is 39.7 Å². The normalized spacial score (nSPS) is 12.5. The Morgan fingerprint density at radius 1 is 1.29 bits per heavy atom. The molecule has 3 nitrogen and oxygen atoms in total. The van der Waals surface area contributed by atoms with Crippen molar-refractivity contribution in [2.45, 2.75) is 26.8 Å². The van der Waals surface area contributed by atoms with Crippen LogP contribution < -0.4 is 5.32 Å². The summed E-state index contributed by atoms with van der Waals surface area (Å²) in [5.41, 5.74) is 1.23. The number of nitrogens with one attached hydrogen (secondary N) is 1. The second-order valence-electron chi connectivity index (χ2n) is 3.96. The molecule has 2 aromatic heterocycles. The van der Waals surface area contributed by atoms with Crippen LogP contribution in [0.4, 0.5) is 10.2 Å². The highest BCUT2D eigenvalue weighted by molar-refractivity contribution is 7.12. The van der Waals surface area contributed by atoms with Crippen molar-refractivity contribution in [2.75, 3.05) is 5.32 Å². The molecule has 2 heterocycles. The number of rotatable bonds is 3. The first-order valence-electron chi connectivity index (χ1n) is 5.37. The van der Waals surface area contributed by atoms with Crippen LogP contribution in [-0.2, 0) is 0 Å². The van der Waals surface area contributed by atoms with Gasteiger partial charge < -0.3 is 5.32 Å². The summed E-state index contributed by atoms with van der Waals surface area (Å²) in [4.78, 5) is 9.96. The van der Waals surface area contributed by atoms with Crippen molar-refractivity contribution in [1.29, 1.82) is 0 Å². The van der Waals surface area contributed by atoms with E-state index in [9.17, 15) is 4.39 Å². The number of halogens is 1. The van der Waals surface area contributed by atoms with E-state index in [-0.39, 0.29) is 6.04 Å². The van der Waals surface area contributed by atoms with Crippen molar-refractivity contribution in [2.24, 2.45) is 0 Å². The van der Waals surface area contributed by atoms with E-state index in [1.807, 2.05) is 6.92 Å². The van der Waals surface area contributed by atoms with Crippen LogP contribution in [0.15, 0.2) is 18.5 Å². The summed E-state index contributed by atoms with van der Waals surface area (Å²) in [5, 5.41) is 3.17. The third kappa shape index (κ3) is 2.79. The Balaban J connectivity index is 2.16. The van der Waals surface area contributed by atoms with Gasteiger partial charge in [-0.15, -0.1) is 11.3 Å². The number of nitrogens with zero attached hydrogens (tertiary/aromatic N) is 2. The smallest absolute Gasteiger partial charge is 0.217 e. The van der Waals surface area contributed by atoms with Gasteiger partial charge in [0.15, 0.2) is 0 Å². The minimum Gasteiger partial charge on any atom is -0.363 e. The third-order valence-electron chi connectivity index (χ3n) is 2.54. The lowest BCUT2D eigenvalue weighted by atomic mass is 10.1. The van der Waals surface area contributed by atoms with E-state index in [4.69, 9.17) is 0 Å². The Labute approximate surface area is 104 Å². The Morgan fingerprint density at radius 2 is 2.06 bits per heavy atom. The summed E-state index contributed by atoms with van der Waals surface area (Å²) in [7, 11) is 0. The summed E-state index contributed by atoms with van der Waals surface area (Å²) in [6.07, 6.45) is 1.22. The molecule has 0 saturated carbocycles. The minimum atomic E-state index is -0.520. The van der Waals surface area contributed by atoms with Gasteiger partial charge in [0, 0.05) is 15.8 Å². The topological polar surface area (TPSA) is 37.8 Å². The van der Waals surface area contributed by atoms with Crippen LogP contribution in [0.25, 0.3) is 0 Å². The van der Waals surface area contributed by atoms with E-state index in [1.54, 1.807) is 11.3 Å². The van der Waals surface area contributed by atoms with E-state index >= 15 is 0 Å². The highest BCUT2D eigenvalue weighted by Gasteiger charge is 2.11. The van der Waals surface area contributed by atoms with Crippen molar-refractivity contribution in [3.63, 3.8) is 0 Å². The Bertz CT molecular complexity index is 524. The van der Waals surface area contributed by atoms with Gasteiger partial charge >= 0.3 is 0 Å². The molecule has 2 rings (SSSR count). The molecule has 2 aromatic rings. The van der Waals surface area contributed by atoms with Gasteiger partial charge in [0.2, 0.25) is 5.95 Å². The van der Waals surface area contributed by atoms with Gasteiger partial charge in [-0.2, -0.15) is 4.39 Å². The predicted molar refractivity (Wildman–Crippen MR) is 67.8 cm³/mol. The first-order valence-corrected chi connectivity index (χ1v) is 6.19. The number of aromatic nitrogens is 2. The molecule has 0 aromatic carbocycles. The molecule has 0 radical (unpaired) electrons. The highest BCUT2D eigenvalue weighted by atomic mass is 32.1. The highest BCUT2D eigenvalue weighted by Crippen LogP contribution is 2.27. The molecule has 5 heteroatoms. The van der Waals surface area contributed by atoms with E-state index < -0.39 is 5.95 Å². The zero-order valence-electron chi connectivity index (χ0n) is 9.99. The summed E-state index contributed by atoms with van der Waals surface area (Å²) < 4.78 is 12.9. The van der Waals surface area contributed by atoms with Gasteiger partial charge in [0.25, 0.3) is 0 Å². The molecule has 0 aliphatic rings. The zero-order valence-corrected chi connectivity index (χ0v) is 10.8. The standard InChI is InChI=1S/C12H14FN3S/c1-7-4-10(9(3)17-7)8(2)16-12-5-11(13)14-6-15-12/h4-6,8H,1-3H3,(H,14,15,16). The van der Waals surface area contributed by atoms with Gasteiger partial charge in [0.05, 0.1) is 6.04 Å². The Morgan fingerprint density at radius 3 is 2.65 bits per heavy atom. The van der Waals surface area contributed by atoms with E-state index in [0.717, 1.165) is 0 Å². The second-order valence-corrected chi connectivity index (χ2v) is 5.42. The average Bonchev–Trinajstić information content (AvgIpc) is 2.58. The molecule has 1 atom stereocenters. The van der Waals surface area contributed by atoms with Crippen molar-refractivity contribution >= 4 is 17.2 Å². The third-order valence-corrected chi connectivity index (χ3v) is 3.53. The van der Waals surface area contributed by atoms with Gasteiger partial charge in [-0.1, -0.05) is 0 Å². The van der Waals surface area contributed by atoms with E-state index in [2.05, 4.69) is 35.2 Å². The lowest BCUT2D eigenvalue weighted by Gasteiger charge is -2.14. The maximum atomic E-state index is 12.9. The van der Waals surface area contributed by atoms with E-state index in [0.29, 0.717) is 5.82 Å². The Kier molecular flexibility index (Phi) is 3.38. The van der Waals surface area contributed by atoms with Crippen molar-refractivity contribution in [3.8, 4) is 0 Å². The van der Waals surface area contributed by atoms with Crippen LogP contribution in [0.1, 0.15) is 28.3 Å². The van der Waals surface area contributed by atoms with Gasteiger partial charge in [-0.3, -0.25) is 0 Å². The molecule has 0 spiro atoms. The van der Waals surface area contributed by atoms with Crippen LogP contribution in [0.5, 0.6) is 0 Å². The van der Waals surface area contributed by atoms with Gasteiger partial charge in [-0.25, -0.2) is 9.97 Å². The molecule has 0 amide bonds. The van der Waals surface area contributed by atoms with Gasteiger partial charge in [-0.05, 0) is 32.4 Å².